The fourth-order valence-corrected chi connectivity index (χ4v) is 4.49. The van der Waals surface area contributed by atoms with Crippen LogP contribution in [0.15, 0.2) is 30.3 Å². The lowest BCUT2D eigenvalue weighted by atomic mass is 9.72. The van der Waals surface area contributed by atoms with E-state index < -0.39 is 15.4 Å². The zero-order chi connectivity index (χ0) is 18.5. The van der Waals surface area contributed by atoms with Crippen molar-refractivity contribution in [1.82, 2.24) is 9.62 Å². The van der Waals surface area contributed by atoms with Gasteiger partial charge in [0.15, 0.2) is 0 Å². The Hall–Kier alpha value is -1.44. The number of nitrogens with zero attached hydrogens (tertiary/aromatic N) is 1. The van der Waals surface area contributed by atoms with Crippen molar-refractivity contribution < 1.29 is 17.9 Å². The molecule has 25 heavy (non-hydrogen) atoms. The summed E-state index contributed by atoms with van der Waals surface area (Å²) >= 11 is 0. The van der Waals surface area contributed by atoms with Gasteiger partial charge in [0.25, 0.3) is 0 Å². The second kappa shape index (κ2) is 8.29. The minimum atomic E-state index is -3.23. The number of ether oxygens (including phenoxy) is 1. The fourth-order valence-electron chi connectivity index (χ4n) is 3.39. The van der Waals surface area contributed by atoms with Crippen molar-refractivity contribution in [2.45, 2.75) is 38.1 Å². The normalized spacial score (nSPS) is 19.3. The van der Waals surface area contributed by atoms with Gasteiger partial charge in [-0.2, -0.15) is 0 Å². The van der Waals surface area contributed by atoms with Gasteiger partial charge in [-0.05, 0) is 32.3 Å². The summed E-state index contributed by atoms with van der Waals surface area (Å²) < 4.78 is 30.9. The van der Waals surface area contributed by atoms with E-state index in [9.17, 15) is 13.2 Å². The Kier molecular flexibility index (Phi) is 6.59. The molecule has 6 nitrogen and oxygen atoms in total. The lowest BCUT2D eigenvalue weighted by Crippen LogP contribution is -2.54. The maximum Gasteiger partial charge on any atom is 0.231 e. The molecule has 0 aromatic heterocycles. The second-order valence-electron chi connectivity index (χ2n) is 6.58. The lowest BCUT2D eigenvalue weighted by Gasteiger charge is -2.41. The Morgan fingerprint density at radius 2 is 1.88 bits per heavy atom. The van der Waals surface area contributed by atoms with Crippen molar-refractivity contribution in [3.63, 3.8) is 0 Å². The monoisotopic (exact) mass is 368 g/mol. The summed E-state index contributed by atoms with van der Waals surface area (Å²) in [7, 11) is -1.63. The van der Waals surface area contributed by atoms with Gasteiger partial charge < -0.3 is 10.1 Å². The minimum absolute atomic E-state index is 0.0585. The summed E-state index contributed by atoms with van der Waals surface area (Å²) in [4.78, 5) is 13.1. The number of methoxy groups -OCH3 is 1. The second-order valence-corrected chi connectivity index (χ2v) is 8.84. The maximum absolute atomic E-state index is 13.1. The van der Waals surface area contributed by atoms with Crippen LogP contribution in [-0.4, -0.2) is 57.2 Å². The van der Waals surface area contributed by atoms with Gasteiger partial charge in [0.2, 0.25) is 15.9 Å². The smallest absolute Gasteiger partial charge is 0.231 e. The Morgan fingerprint density at radius 1 is 1.28 bits per heavy atom. The minimum Gasteiger partial charge on any atom is -0.383 e. The molecular weight excluding hydrogens is 340 g/mol. The third kappa shape index (κ3) is 4.40. The van der Waals surface area contributed by atoms with Crippen LogP contribution in [0.4, 0.5) is 0 Å². The molecule has 1 unspecified atom stereocenters. The van der Waals surface area contributed by atoms with Gasteiger partial charge in [-0.1, -0.05) is 30.3 Å². The van der Waals surface area contributed by atoms with E-state index >= 15 is 0 Å². The van der Waals surface area contributed by atoms with Crippen molar-refractivity contribution >= 4 is 15.9 Å². The zero-order valence-corrected chi connectivity index (χ0v) is 16.0. The maximum atomic E-state index is 13.1. The number of piperidine rings is 1. The number of amides is 1. The zero-order valence-electron chi connectivity index (χ0n) is 15.2. The molecule has 1 atom stereocenters. The van der Waals surface area contributed by atoms with Crippen LogP contribution >= 0.6 is 0 Å². The molecule has 1 aromatic rings. The number of carbonyl (C=O) groups is 1. The highest BCUT2D eigenvalue weighted by Crippen LogP contribution is 2.36. The predicted octanol–water partition coefficient (Wildman–Crippen LogP) is 1.52. The van der Waals surface area contributed by atoms with Crippen LogP contribution < -0.4 is 5.32 Å². The van der Waals surface area contributed by atoms with Crippen LogP contribution in [0.3, 0.4) is 0 Å². The first kappa shape index (κ1) is 19.9. The predicted molar refractivity (Wildman–Crippen MR) is 97.9 cm³/mol. The van der Waals surface area contributed by atoms with Crippen LogP contribution in [0.25, 0.3) is 0 Å². The number of sulfonamides is 1. The van der Waals surface area contributed by atoms with Crippen LogP contribution in [0, 0.1) is 0 Å². The van der Waals surface area contributed by atoms with Crippen molar-refractivity contribution in [3.8, 4) is 0 Å². The Balaban J connectivity index is 2.26. The molecule has 7 heteroatoms. The summed E-state index contributed by atoms with van der Waals surface area (Å²) in [5.41, 5.74) is 0.230. The molecule has 1 amide bonds. The highest BCUT2D eigenvalue weighted by molar-refractivity contribution is 7.89. The molecule has 1 aromatic carbocycles. The molecule has 1 fully saturated rings. The van der Waals surface area contributed by atoms with E-state index in [1.54, 1.807) is 14.0 Å². The molecule has 1 heterocycles. The number of nitrogens with one attached hydrogen (secondary N) is 1. The number of benzene rings is 1. The molecule has 0 aliphatic carbocycles. The van der Waals surface area contributed by atoms with Crippen molar-refractivity contribution in [2.75, 3.05) is 32.6 Å². The van der Waals surface area contributed by atoms with Crippen LogP contribution in [0.2, 0.25) is 0 Å². The van der Waals surface area contributed by atoms with Crippen molar-refractivity contribution in [2.24, 2.45) is 0 Å². The third-order valence-corrected chi connectivity index (χ3v) is 6.77. The number of hydrogen-bond donors (Lipinski definition) is 1. The summed E-state index contributed by atoms with van der Waals surface area (Å²) in [6.45, 7) is 4.70. The first-order valence-corrected chi connectivity index (χ1v) is 10.3. The highest BCUT2D eigenvalue weighted by Gasteiger charge is 2.44. The van der Waals surface area contributed by atoms with Gasteiger partial charge in [-0.25, -0.2) is 12.7 Å². The van der Waals surface area contributed by atoms with Crippen molar-refractivity contribution in [3.05, 3.63) is 35.9 Å². The highest BCUT2D eigenvalue weighted by atomic mass is 32.2. The van der Waals surface area contributed by atoms with Gasteiger partial charge in [0.1, 0.15) is 0 Å². The Bertz CT molecular complexity index is 668. The van der Waals surface area contributed by atoms with Gasteiger partial charge >= 0.3 is 0 Å². The average molecular weight is 368 g/mol. The molecule has 1 aliphatic rings. The van der Waals surface area contributed by atoms with E-state index in [-0.39, 0.29) is 17.7 Å². The van der Waals surface area contributed by atoms with Gasteiger partial charge in [-0.3, -0.25) is 4.79 Å². The van der Waals surface area contributed by atoms with Gasteiger partial charge in [0, 0.05) is 26.2 Å². The summed E-state index contributed by atoms with van der Waals surface area (Å²) in [5, 5.41) is 3.03. The molecule has 1 N–H and O–H groups in total. The SMILES string of the molecule is CCS(=O)(=O)N1CCC(C(=O)NC(C)COC)(c2ccccc2)CC1. The summed E-state index contributed by atoms with van der Waals surface area (Å²) in [6.07, 6.45) is 0.948. The molecule has 2 rings (SSSR count). The van der Waals surface area contributed by atoms with E-state index in [1.807, 2.05) is 37.3 Å². The third-order valence-electron chi connectivity index (χ3n) is 4.89. The van der Waals surface area contributed by atoms with E-state index in [0.29, 0.717) is 32.5 Å². The topological polar surface area (TPSA) is 75.7 Å². The molecule has 1 saturated heterocycles. The van der Waals surface area contributed by atoms with Crippen LogP contribution in [0.5, 0.6) is 0 Å². The number of carbonyl (C=O) groups excluding carboxylic acids is 1. The van der Waals surface area contributed by atoms with Gasteiger partial charge in [-0.15, -0.1) is 0 Å². The first-order valence-electron chi connectivity index (χ1n) is 8.69. The molecular formula is C18H28N2O4S. The first-order chi connectivity index (χ1) is 11.9. The number of rotatable bonds is 7. The molecule has 0 bridgehead atoms. The van der Waals surface area contributed by atoms with Crippen LogP contribution in [-0.2, 0) is 25.0 Å². The summed E-state index contributed by atoms with van der Waals surface area (Å²) in [5.74, 6) is 0.0272. The Morgan fingerprint density at radius 3 is 2.40 bits per heavy atom. The van der Waals surface area contributed by atoms with E-state index in [0.717, 1.165) is 5.56 Å². The van der Waals surface area contributed by atoms with Crippen LogP contribution in [0.1, 0.15) is 32.3 Å². The Labute approximate surface area is 150 Å². The molecule has 140 valence electrons. The van der Waals surface area contributed by atoms with E-state index in [1.165, 1.54) is 4.31 Å². The van der Waals surface area contributed by atoms with Gasteiger partial charge in [0.05, 0.1) is 17.8 Å². The quantitative estimate of drug-likeness (QED) is 0.792. The molecule has 1 aliphatic heterocycles. The van der Waals surface area contributed by atoms with E-state index in [2.05, 4.69) is 5.32 Å². The largest absolute Gasteiger partial charge is 0.383 e. The van der Waals surface area contributed by atoms with E-state index in [4.69, 9.17) is 4.74 Å². The fraction of sp³-hybridized carbons (Fsp3) is 0.611. The lowest BCUT2D eigenvalue weighted by molar-refractivity contribution is -0.129. The summed E-state index contributed by atoms with van der Waals surface area (Å²) in [6, 6.07) is 9.54. The molecule has 0 saturated carbocycles. The molecule has 0 radical (unpaired) electrons. The number of hydrogen-bond acceptors (Lipinski definition) is 4. The van der Waals surface area contributed by atoms with Crippen molar-refractivity contribution in [1.29, 1.82) is 0 Å². The molecule has 0 spiro atoms. The standard InChI is InChI=1S/C18H28N2O4S/c1-4-25(22,23)20-12-10-18(11-13-20,16-8-6-5-7-9-16)17(21)19-15(2)14-24-3/h5-9,15H,4,10-14H2,1-3H3,(H,19,21). The average Bonchev–Trinajstić information content (AvgIpc) is 2.62.